The zero-order valence-corrected chi connectivity index (χ0v) is 6.84. The maximum absolute atomic E-state index is 10.8. The molecule has 3 nitrogen and oxygen atoms in total. The maximum Gasteiger partial charge on any atom is 0.309 e. The Morgan fingerprint density at radius 2 is 2.45 bits per heavy atom. The summed E-state index contributed by atoms with van der Waals surface area (Å²) >= 11 is 0. The lowest BCUT2D eigenvalue weighted by Crippen LogP contribution is -2.29. The second-order valence-electron chi connectivity index (χ2n) is 3.44. The van der Waals surface area contributed by atoms with E-state index in [0.717, 1.165) is 12.8 Å². The standard InChI is InChI=1S/C8H15NO2/c1-2-8(7(10)11)4-3-6(9)5-8/h6H,2-5,9H2,1H3,(H,10,11)/t6-,8+/m0/s1. The van der Waals surface area contributed by atoms with E-state index in [1.54, 1.807) is 0 Å². The zero-order chi connectivity index (χ0) is 8.48. The quantitative estimate of drug-likeness (QED) is 0.628. The molecule has 3 N–H and O–H groups in total. The Morgan fingerprint density at radius 1 is 1.82 bits per heavy atom. The summed E-state index contributed by atoms with van der Waals surface area (Å²) in [6, 6.07) is 0.103. The Morgan fingerprint density at radius 3 is 2.64 bits per heavy atom. The monoisotopic (exact) mass is 157 g/mol. The van der Waals surface area contributed by atoms with E-state index in [9.17, 15) is 4.79 Å². The van der Waals surface area contributed by atoms with Gasteiger partial charge in [-0.05, 0) is 25.7 Å². The third-order valence-corrected chi connectivity index (χ3v) is 2.78. The largest absolute Gasteiger partial charge is 0.481 e. The Balaban J connectivity index is 2.70. The smallest absolute Gasteiger partial charge is 0.309 e. The molecule has 0 spiro atoms. The SMILES string of the molecule is CC[C@@]1(C(=O)O)CC[C@H](N)C1. The van der Waals surface area contributed by atoms with Crippen molar-refractivity contribution in [2.24, 2.45) is 11.1 Å². The summed E-state index contributed by atoms with van der Waals surface area (Å²) in [5.41, 5.74) is 5.16. The van der Waals surface area contributed by atoms with Gasteiger partial charge in [-0.3, -0.25) is 4.79 Å². The third-order valence-electron chi connectivity index (χ3n) is 2.78. The van der Waals surface area contributed by atoms with Crippen LogP contribution in [0.15, 0.2) is 0 Å². The van der Waals surface area contributed by atoms with Crippen molar-refractivity contribution < 1.29 is 9.90 Å². The van der Waals surface area contributed by atoms with Gasteiger partial charge in [0.1, 0.15) is 0 Å². The summed E-state index contributed by atoms with van der Waals surface area (Å²) in [6.45, 7) is 1.92. The minimum absolute atomic E-state index is 0.103. The average Bonchev–Trinajstić information content (AvgIpc) is 2.33. The van der Waals surface area contributed by atoms with Crippen molar-refractivity contribution in [1.82, 2.24) is 0 Å². The summed E-state index contributed by atoms with van der Waals surface area (Å²) < 4.78 is 0. The number of rotatable bonds is 2. The van der Waals surface area contributed by atoms with Crippen LogP contribution in [0.1, 0.15) is 32.6 Å². The van der Waals surface area contributed by atoms with Gasteiger partial charge < -0.3 is 10.8 Å². The fraction of sp³-hybridized carbons (Fsp3) is 0.875. The highest BCUT2D eigenvalue weighted by Crippen LogP contribution is 2.40. The highest BCUT2D eigenvalue weighted by Gasteiger charge is 2.42. The van der Waals surface area contributed by atoms with Gasteiger partial charge in [0.2, 0.25) is 0 Å². The molecule has 0 amide bonds. The maximum atomic E-state index is 10.8. The molecule has 0 unspecified atom stereocenters. The molecule has 11 heavy (non-hydrogen) atoms. The number of nitrogens with two attached hydrogens (primary N) is 1. The van der Waals surface area contributed by atoms with Crippen LogP contribution in [0.5, 0.6) is 0 Å². The first-order chi connectivity index (χ1) is 5.10. The molecule has 1 fully saturated rings. The van der Waals surface area contributed by atoms with Gasteiger partial charge in [-0.2, -0.15) is 0 Å². The van der Waals surface area contributed by atoms with Crippen molar-refractivity contribution in [1.29, 1.82) is 0 Å². The van der Waals surface area contributed by atoms with E-state index in [0.29, 0.717) is 12.8 Å². The van der Waals surface area contributed by atoms with E-state index in [4.69, 9.17) is 10.8 Å². The summed E-state index contributed by atoms with van der Waals surface area (Å²) in [4.78, 5) is 10.8. The second-order valence-corrected chi connectivity index (χ2v) is 3.44. The van der Waals surface area contributed by atoms with Crippen molar-refractivity contribution in [2.45, 2.75) is 38.6 Å². The fourth-order valence-corrected chi connectivity index (χ4v) is 1.83. The topological polar surface area (TPSA) is 63.3 Å². The molecule has 0 saturated heterocycles. The number of hydrogen-bond donors (Lipinski definition) is 2. The van der Waals surface area contributed by atoms with Gasteiger partial charge in [-0.25, -0.2) is 0 Å². The van der Waals surface area contributed by atoms with Crippen LogP contribution in [0.25, 0.3) is 0 Å². The molecule has 2 atom stereocenters. The number of carboxylic acids is 1. The molecule has 0 aromatic rings. The van der Waals surface area contributed by atoms with Crippen LogP contribution in [0.3, 0.4) is 0 Å². The molecule has 0 bridgehead atoms. The lowest BCUT2D eigenvalue weighted by atomic mass is 9.83. The number of carbonyl (C=O) groups is 1. The molecule has 0 aromatic carbocycles. The zero-order valence-electron chi connectivity index (χ0n) is 6.84. The molecule has 0 aliphatic heterocycles. The van der Waals surface area contributed by atoms with Gasteiger partial charge >= 0.3 is 5.97 Å². The van der Waals surface area contributed by atoms with Crippen molar-refractivity contribution in [3.05, 3.63) is 0 Å². The molecular formula is C8H15NO2. The van der Waals surface area contributed by atoms with Crippen LogP contribution in [-0.4, -0.2) is 17.1 Å². The van der Waals surface area contributed by atoms with Gasteiger partial charge in [0, 0.05) is 6.04 Å². The highest BCUT2D eigenvalue weighted by molar-refractivity contribution is 5.75. The van der Waals surface area contributed by atoms with Crippen LogP contribution >= 0.6 is 0 Å². The predicted octanol–water partition coefficient (Wildman–Crippen LogP) is 0.979. The molecule has 1 rings (SSSR count). The van der Waals surface area contributed by atoms with E-state index in [2.05, 4.69) is 0 Å². The number of aliphatic carboxylic acids is 1. The molecule has 1 aliphatic rings. The van der Waals surface area contributed by atoms with Crippen molar-refractivity contribution in [3.8, 4) is 0 Å². The van der Waals surface area contributed by atoms with Crippen molar-refractivity contribution in [3.63, 3.8) is 0 Å². The fourth-order valence-electron chi connectivity index (χ4n) is 1.83. The predicted molar refractivity (Wildman–Crippen MR) is 42.2 cm³/mol. The first-order valence-corrected chi connectivity index (χ1v) is 4.10. The molecule has 1 aliphatic carbocycles. The molecule has 3 heteroatoms. The van der Waals surface area contributed by atoms with Crippen LogP contribution in [0.2, 0.25) is 0 Å². The summed E-state index contributed by atoms with van der Waals surface area (Å²) in [5.74, 6) is -0.673. The molecule has 1 saturated carbocycles. The van der Waals surface area contributed by atoms with Gasteiger partial charge in [0.25, 0.3) is 0 Å². The van der Waals surface area contributed by atoms with E-state index in [1.807, 2.05) is 6.92 Å². The van der Waals surface area contributed by atoms with E-state index in [1.165, 1.54) is 0 Å². The normalized spacial score (nSPS) is 37.5. The second kappa shape index (κ2) is 2.81. The average molecular weight is 157 g/mol. The number of hydrogen-bond acceptors (Lipinski definition) is 2. The number of carboxylic acid groups (broad SMARTS) is 1. The highest BCUT2D eigenvalue weighted by atomic mass is 16.4. The Kier molecular flexibility index (Phi) is 2.18. The van der Waals surface area contributed by atoms with Gasteiger partial charge in [-0.15, -0.1) is 0 Å². The first kappa shape index (κ1) is 8.53. The van der Waals surface area contributed by atoms with E-state index in [-0.39, 0.29) is 6.04 Å². The lowest BCUT2D eigenvalue weighted by molar-refractivity contribution is -0.148. The van der Waals surface area contributed by atoms with Crippen molar-refractivity contribution >= 4 is 5.97 Å². The Labute approximate surface area is 66.6 Å². The van der Waals surface area contributed by atoms with Crippen molar-refractivity contribution in [2.75, 3.05) is 0 Å². The summed E-state index contributed by atoms with van der Waals surface area (Å²) in [5, 5.41) is 8.93. The molecular weight excluding hydrogens is 142 g/mol. The van der Waals surface area contributed by atoms with Crippen LogP contribution in [0.4, 0.5) is 0 Å². The van der Waals surface area contributed by atoms with E-state index >= 15 is 0 Å². The summed E-state index contributed by atoms with van der Waals surface area (Å²) in [6.07, 6.45) is 2.97. The van der Waals surface area contributed by atoms with Crippen LogP contribution in [-0.2, 0) is 4.79 Å². The molecule has 64 valence electrons. The third kappa shape index (κ3) is 1.38. The minimum Gasteiger partial charge on any atom is -0.481 e. The van der Waals surface area contributed by atoms with Crippen LogP contribution < -0.4 is 5.73 Å². The van der Waals surface area contributed by atoms with E-state index < -0.39 is 11.4 Å². The molecule has 0 aromatic heterocycles. The molecule has 0 heterocycles. The van der Waals surface area contributed by atoms with Crippen LogP contribution in [0, 0.1) is 5.41 Å². The summed E-state index contributed by atoms with van der Waals surface area (Å²) in [7, 11) is 0. The van der Waals surface area contributed by atoms with Gasteiger partial charge in [0.05, 0.1) is 5.41 Å². The van der Waals surface area contributed by atoms with Gasteiger partial charge in [0.15, 0.2) is 0 Å². The first-order valence-electron chi connectivity index (χ1n) is 4.10. The Bertz CT molecular complexity index is 169. The Hall–Kier alpha value is -0.570. The lowest BCUT2D eigenvalue weighted by Gasteiger charge is -2.21. The minimum atomic E-state index is -0.673. The van der Waals surface area contributed by atoms with Gasteiger partial charge in [-0.1, -0.05) is 6.92 Å². The molecule has 0 radical (unpaired) electrons.